The topological polar surface area (TPSA) is 55.8 Å². The molecule has 1 saturated carbocycles. The lowest BCUT2D eigenvalue weighted by molar-refractivity contribution is 0.0420. The zero-order valence-corrected chi connectivity index (χ0v) is 9.05. The van der Waals surface area contributed by atoms with Gasteiger partial charge in [0.1, 0.15) is 0 Å². The van der Waals surface area contributed by atoms with Gasteiger partial charge in [0.05, 0.1) is 12.2 Å². The van der Waals surface area contributed by atoms with E-state index < -0.39 is 13.4 Å². The second-order valence-corrected chi connectivity index (χ2v) is 5.01. The maximum absolute atomic E-state index is 11.3. The number of phosphoric ester groups is 1. The highest BCUT2D eigenvalue weighted by molar-refractivity contribution is 7.47. The molecule has 78 valence electrons. The zero-order valence-electron chi connectivity index (χ0n) is 8.15. The predicted octanol–water partition coefficient (Wildman–Crippen LogP) is 2.47. The molecule has 0 saturated heterocycles. The van der Waals surface area contributed by atoms with Crippen LogP contribution in [0.2, 0.25) is 0 Å². The first kappa shape index (κ1) is 11.2. The number of phosphoric acid groups is 1. The highest BCUT2D eigenvalue weighted by Crippen LogP contribution is 2.51. The number of rotatable bonds is 4. The molecule has 0 heterocycles. The summed E-state index contributed by atoms with van der Waals surface area (Å²) in [6, 6.07) is 0. The van der Waals surface area contributed by atoms with Gasteiger partial charge < -0.3 is 4.89 Å². The van der Waals surface area contributed by atoms with Crippen molar-refractivity contribution in [3.05, 3.63) is 0 Å². The molecule has 1 unspecified atom stereocenters. The molecular weight excluding hydrogens is 191 g/mol. The van der Waals surface area contributed by atoms with E-state index in [2.05, 4.69) is 4.52 Å². The average molecular weight is 208 g/mol. The molecule has 0 spiro atoms. The molecule has 1 fully saturated rings. The van der Waals surface area contributed by atoms with Crippen LogP contribution in [0.25, 0.3) is 0 Å². The van der Waals surface area contributed by atoms with E-state index in [0.29, 0.717) is 0 Å². The Morgan fingerprint density at radius 3 is 2.46 bits per heavy atom. The first-order chi connectivity index (χ1) is 5.97. The van der Waals surface area contributed by atoms with Crippen LogP contribution in [0.5, 0.6) is 0 Å². The third-order valence-electron chi connectivity index (χ3n) is 2.29. The molecular formula is C8H17O4P. The van der Waals surface area contributed by atoms with Crippen LogP contribution in [0.1, 0.15) is 39.5 Å². The summed E-state index contributed by atoms with van der Waals surface area (Å²) in [6.45, 7) is 3.73. The normalized spacial score (nSPS) is 25.8. The molecule has 1 aliphatic carbocycles. The molecule has 4 nitrogen and oxygen atoms in total. The summed E-state index contributed by atoms with van der Waals surface area (Å²) in [5.41, 5.74) is -0.459. The minimum Gasteiger partial charge on any atom is -0.302 e. The lowest BCUT2D eigenvalue weighted by atomic mass is 10.1. The van der Waals surface area contributed by atoms with Crippen molar-refractivity contribution in [2.45, 2.75) is 45.1 Å². The molecule has 0 bridgehead atoms. The fraction of sp³-hybridized carbons (Fsp3) is 1.00. The van der Waals surface area contributed by atoms with E-state index in [1.165, 1.54) is 0 Å². The molecule has 0 radical (unpaired) electrons. The highest BCUT2D eigenvalue weighted by atomic mass is 31.2. The summed E-state index contributed by atoms with van der Waals surface area (Å²) < 4.78 is 21.0. The van der Waals surface area contributed by atoms with Crippen molar-refractivity contribution < 1.29 is 18.5 Å². The van der Waals surface area contributed by atoms with Crippen molar-refractivity contribution in [1.29, 1.82) is 0 Å². The Morgan fingerprint density at radius 2 is 2.00 bits per heavy atom. The van der Waals surface area contributed by atoms with E-state index in [4.69, 9.17) is 4.52 Å². The van der Waals surface area contributed by atoms with Gasteiger partial charge in [0.25, 0.3) is 0 Å². The van der Waals surface area contributed by atoms with Crippen LogP contribution in [0.3, 0.4) is 0 Å². The average Bonchev–Trinajstić information content (AvgIpc) is 2.33. The lowest BCUT2D eigenvalue weighted by Gasteiger charge is -2.25. The van der Waals surface area contributed by atoms with Gasteiger partial charge in [-0.15, -0.1) is 0 Å². The standard InChI is InChI=1S/C8H17O4P/c1-3-11-13(9,10)12-8(2)6-4-5-7-8/h3-7H2,1-2H3,(H,9,10). The van der Waals surface area contributed by atoms with Crippen LogP contribution in [-0.2, 0) is 13.6 Å². The lowest BCUT2D eigenvalue weighted by Crippen LogP contribution is -2.23. The second kappa shape index (κ2) is 4.09. The number of hydrogen-bond acceptors (Lipinski definition) is 3. The highest BCUT2D eigenvalue weighted by Gasteiger charge is 2.37. The largest absolute Gasteiger partial charge is 0.472 e. The SMILES string of the molecule is CCOP(=O)(O)OC1(C)CCCC1. The minimum atomic E-state index is -3.81. The monoisotopic (exact) mass is 208 g/mol. The summed E-state index contributed by atoms with van der Waals surface area (Å²) >= 11 is 0. The Kier molecular flexibility index (Phi) is 3.52. The van der Waals surface area contributed by atoms with Crippen LogP contribution in [0.15, 0.2) is 0 Å². The molecule has 1 atom stereocenters. The molecule has 13 heavy (non-hydrogen) atoms. The fourth-order valence-electron chi connectivity index (χ4n) is 1.68. The van der Waals surface area contributed by atoms with Gasteiger partial charge in [-0.3, -0.25) is 9.05 Å². The van der Waals surface area contributed by atoms with Crippen LogP contribution < -0.4 is 0 Å². The van der Waals surface area contributed by atoms with Gasteiger partial charge in [-0.1, -0.05) is 12.8 Å². The Morgan fingerprint density at radius 1 is 1.46 bits per heavy atom. The van der Waals surface area contributed by atoms with E-state index >= 15 is 0 Å². The van der Waals surface area contributed by atoms with Gasteiger partial charge in [-0.25, -0.2) is 4.57 Å². The third kappa shape index (κ3) is 3.39. The van der Waals surface area contributed by atoms with Crippen molar-refractivity contribution in [3.63, 3.8) is 0 Å². The van der Waals surface area contributed by atoms with Gasteiger partial charge >= 0.3 is 7.82 Å². The molecule has 1 aliphatic rings. The van der Waals surface area contributed by atoms with E-state index in [9.17, 15) is 9.46 Å². The van der Waals surface area contributed by atoms with Crippen LogP contribution >= 0.6 is 7.82 Å². The quantitative estimate of drug-likeness (QED) is 0.721. The van der Waals surface area contributed by atoms with Crippen molar-refractivity contribution in [3.8, 4) is 0 Å². The summed E-state index contributed by atoms with van der Waals surface area (Å²) in [5, 5.41) is 0. The van der Waals surface area contributed by atoms with Crippen LogP contribution in [0.4, 0.5) is 0 Å². The van der Waals surface area contributed by atoms with E-state index in [-0.39, 0.29) is 6.61 Å². The predicted molar refractivity (Wildman–Crippen MR) is 49.4 cm³/mol. The van der Waals surface area contributed by atoms with Gasteiger partial charge in [-0.05, 0) is 26.7 Å². The maximum Gasteiger partial charge on any atom is 0.472 e. The molecule has 1 N–H and O–H groups in total. The summed E-state index contributed by atoms with van der Waals surface area (Å²) in [4.78, 5) is 9.25. The Labute approximate surface area is 78.9 Å². The molecule has 0 aromatic heterocycles. The van der Waals surface area contributed by atoms with Crippen LogP contribution in [0, 0.1) is 0 Å². The van der Waals surface area contributed by atoms with E-state index in [1.807, 2.05) is 6.92 Å². The smallest absolute Gasteiger partial charge is 0.302 e. The summed E-state index contributed by atoms with van der Waals surface area (Å²) in [6.07, 6.45) is 3.79. The Hall–Kier alpha value is 0.110. The first-order valence-electron chi connectivity index (χ1n) is 4.65. The summed E-state index contributed by atoms with van der Waals surface area (Å²) in [7, 11) is -3.81. The molecule has 0 aromatic carbocycles. The van der Waals surface area contributed by atoms with Gasteiger partial charge in [0.2, 0.25) is 0 Å². The molecule has 0 aromatic rings. The summed E-state index contributed by atoms with van der Waals surface area (Å²) in [5.74, 6) is 0. The van der Waals surface area contributed by atoms with E-state index in [1.54, 1.807) is 6.92 Å². The van der Waals surface area contributed by atoms with Gasteiger partial charge in [0, 0.05) is 0 Å². The van der Waals surface area contributed by atoms with Crippen molar-refractivity contribution >= 4 is 7.82 Å². The molecule has 1 rings (SSSR count). The first-order valence-corrected chi connectivity index (χ1v) is 6.15. The van der Waals surface area contributed by atoms with Gasteiger partial charge in [-0.2, -0.15) is 0 Å². The van der Waals surface area contributed by atoms with Crippen molar-refractivity contribution in [2.24, 2.45) is 0 Å². The minimum absolute atomic E-state index is 0.198. The van der Waals surface area contributed by atoms with Crippen molar-refractivity contribution in [2.75, 3.05) is 6.61 Å². The van der Waals surface area contributed by atoms with Gasteiger partial charge in [0.15, 0.2) is 0 Å². The fourth-order valence-corrected chi connectivity index (χ4v) is 2.80. The maximum atomic E-state index is 11.3. The Bertz CT molecular complexity index is 210. The van der Waals surface area contributed by atoms with Crippen molar-refractivity contribution in [1.82, 2.24) is 0 Å². The van der Waals surface area contributed by atoms with Crippen LogP contribution in [-0.4, -0.2) is 17.1 Å². The molecule has 0 aliphatic heterocycles. The Balaban J connectivity index is 2.51. The van der Waals surface area contributed by atoms with E-state index in [0.717, 1.165) is 25.7 Å². The zero-order chi connectivity index (χ0) is 9.95. The third-order valence-corrected chi connectivity index (χ3v) is 3.55. The molecule has 5 heteroatoms. The molecule has 0 amide bonds. The number of hydrogen-bond donors (Lipinski definition) is 1. The second-order valence-electron chi connectivity index (χ2n) is 3.63.